The summed E-state index contributed by atoms with van der Waals surface area (Å²) in [5, 5.41) is 9.05. The molecule has 10 heteroatoms. The fourth-order valence-corrected chi connectivity index (χ4v) is 4.80. The van der Waals surface area contributed by atoms with E-state index in [-0.39, 0.29) is 24.9 Å². The summed E-state index contributed by atoms with van der Waals surface area (Å²) >= 11 is 0. The molecule has 6 rings (SSSR count). The quantitative estimate of drug-likeness (QED) is 0.176. The standard InChI is InChI=1S/C34H31N5O5/c1-34(2,3)44-33(41)36-15-14-31(40)38-25-11-7-6-10-24(25)37-27-19-28(22-12-13-26-30(18-22)43-32(35)39-26)42-29-17-21-9-5-4-8-20(21)16-23(27)29/h4-13,16-19H,14-15H2,1-3H3,(H2,35,39)(H,36,41)(H,38,40). The van der Waals surface area contributed by atoms with E-state index >= 15 is 0 Å². The van der Waals surface area contributed by atoms with Crippen LogP contribution in [0.1, 0.15) is 27.2 Å². The minimum absolute atomic E-state index is 0.0610. The van der Waals surface area contributed by atoms with Crippen LogP contribution in [0.15, 0.2) is 98.8 Å². The Bertz CT molecular complexity index is 2110. The van der Waals surface area contributed by atoms with E-state index in [9.17, 15) is 9.59 Å². The van der Waals surface area contributed by atoms with Crippen LogP contribution in [-0.4, -0.2) is 29.1 Å². The van der Waals surface area contributed by atoms with Gasteiger partial charge >= 0.3 is 6.09 Å². The first-order valence-corrected chi connectivity index (χ1v) is 14.1. The number of hydrogen-bond donors (Lipinski definition) is 3. The van der Waals surface area contributed by atoms with Gasteiger partial charge < -0.3 is 29.9 Å². The number of aromatic nitrogens is 1. The maximum Gasteiger partial charge on any atom is 0.407 e. The number of carbonyl (C=O) groups is 2. The molecule has 4 N–H and O–H groups in total. The lowest BCUT2D eigenvalue weighted by Gasteiger charge is -2.19. The third-order valence-corrected chi connectivity index (χ3v) is 6.74. The van der Waals surface area contributed by atoms with Crippen LogP contribution < -0.4 is 21.7 Å². The second kappa shape index (κ2) is 11.6. The van der Waals surface area contributed by atoms with Gasteiger partial charge in [-0.15, -0.1) is 0 Å². The first kappa shape index (κ1) is 28.5. The van der Waals surface area contributed by atoms with Crippen molar-refractivity contribution >= 4 is 62.2 Å². The molecule has 4 aromatic carbocycles. The van der Waals surface area contributed by atoms with E-state index in [1.807, 2.05) is 78.9 Å². The van der Waals surface area contributed by atoms with Gasteiger partial charge in [0, 0.05) is 30.0 Å². The molecule has 0 aliphatic carbocycles. The van der Waals surface area contributed by atoms with Crippen LogP contribution in [-0.2, 0) is 9.53 Å². The van der Waals surface area contributed by atoms with Gasteiger partial charge in [0.1, 0.15) is 22.5 Å². The molecule has 222 valence electrons. The van der Waals surface area contributed by atoms with Gasteiger partial charge in [-0.3, -0.25) is 4.79 Å². The minimum atomic E-state index is -0.620. The van der Waals surface area contributed by atoms with Crippen LogP contribution in [0.5, 0.6) is 0 Å². The highest BCUT2D eigenvalue weighted by Gasteiger charge is 2.16. The summed E-state index contributed by atoms with van der Waals surface area (Å²) in [4.78, 5) is 33.9. The van der Waals surface area contributed by atoms with Crippen molar-refractivity contribution in [2.75, 3.05) is 17.6 Å². The van der Waals surface area contributed by atoms with E-state index in [0.717, 1.165) is 21.7 Å². The summed E-state index contributed by atoms with van der Waals surface area (Å²) in [6, 6.07) is 26.8. The number of hydrogen-bond acceptors (Lipinski definition) is 8. The molecule has 10 nitrogen and oxygen atoms in total. The van der Waals surface area contributed by atoms with Crippen molar-refractivity contribution in [3.05, 3.63) is 90.3 Å². The molecular formula is C34H31N5O5. The van der Waals surface area contributed by atoms with Gasteiger partial charge in [0.15, 0.2) is 5.58 Å². The Labute approximate surface area is 252 Å². The molecule has 0 atom stereocenters. The van der Waals surface area contributed by atoms with E-state index in [1.165, 1.54) is 0 Å². The number of nitrogens with one attached hydrogen (secondary N) is 2. The van der Waals surface area contributed by atoms with E-state index in [0.29, 0.717) is 39.2 Å². The van der Waals surface area contributed by atoms with Crippen LogP contribution in [0.25, 0.3) is 44.2 Å². The third kappa shape index (κ3) is 6.39. The van der Waals surface area contributed by atoms with Crippen LogP contribution in [0, 0.1) is 0 Å². The van der Waals surface area contributed by atoms with Crippen molar-refractivity contribution in [2.24, 2.45) is 4.99 Å². The Balaban J connectivity index is 1.37. The lowest BCUT2D eigenvalue weighted by Crippen LogP contribution is -2.34. The Morgan fingerprint density at radius 3 is 2.45 bits per heavy atom. The van der Waals surface area contributed by atoms with Gasteiger partial charge in [0.25, 0.3) is 6.01 Å². The van der Waals surface area contributed by atoms with E-state index in [4.69, 9.17) is 24.3 Å². The Hall–Kier alpha value is -5.64. The van der Waals surface area contributed by atoms with Gasteiger partial charge in [0.2, 0.25) is 5.91 Å². The van der Waals surface area contributed by atoms with Crippen molar-refractivity contribution in [1.29, 1.82) is 0 Å². The van der Waals surface area contributed by atoms with Gasteiger partial charge in [-0.25, -0.2) is 9.79 Å². The summed E-state index contributed by atoms with van der Waals surface area (Å²) in [5.74, 6) is 0.293. The van der Waals surface area contributed by atoms with Gasteiger partial charge in [0.05, 0.1) is 16.7 Å². The lowest BCUT2D eigenvalue weighted by molar-refractivity contribution is -0.116. The van der Waals surface area contributed by atoms with Crippen LogP contribution in [0.2, 0.25) is 0 Å². The van der Waals surface area contributed by atoms with Crippen LogP contribution in [0.4, 0.5) is 22.2 Å². The van der Waals surface area contributed by atoms with Crippen molar-refractivity contribution < 1.29 is 23.2 Å². The van der Waals surface area contributed by atoms with E-state index in [2.05, 4.69) is 15.6 Å². The number of oxazole rings is 1. The van der Waals surface area contributed by atoms with E-state index in [1.54, 1.807) is 26.8 Å². The molecule has 0 spiro atoms. The smallest absolute Gasteiger partial charge is 0.407 e. The molecule has 0 bridgehead atoms. The number of ether oxygens (including phenoxy) is 1. The predicted molar refractivity (Wildman–Crippen MR) is 170 cm³/mol. The molecule has 2 aromatic heterocycles. The number of nitrogen functional groups attached to an aromatic ring is 1. The molecule has 0 radical (unpaired) electrons. The lowest BCUT2D eigenvalue weighted by atomic mass is 10.1. The Kier molecular flexibility index (Phi) is 7.48. The van der Waals surface area contributed by atoms with Crippen molar-refractivity contribution in [1.82, 2.24) is 10.3 Å². The topological polar surface area (TPSA) is 145 Å². The zero-order valence-electron chi connectivity index (χ0n) is 24.5. The Morgan fingerprint density at radius 1 is 0.909 bits per heavy atom. The summed E-state index contributed by atoms with van der Waals surface area (Å²) in [7, 11) is 0. The normalized spacial score (nSPS) is 12.1. The fourth-order valence-electron chi connectivity index (χ4n) is 4.80. The van der Waals surface area contributed by atoms with Gasteiger partial charge in [-0.05, 0) is 74.0 Å². The number of rotatable bonds is 6. The number of carbonyl (C=O) groups excluding carboxylic acids is 2. The third-order valence-electron chi connectivity index (χ3n) is 6.74. The number of alkyl carbamates (subject to hydrolysis) is 1. The molecule has 0 aliphatic heterocycles. The molecule has 0 aliphatic rings. The average molecular weight is 590 g/mol. The van der Waals surface area contributed by atoms with Gasteiger partial charge in [-0.2, -0.15) is 4.98 Å². The predicted octanol–water partition coefficient (Wildman–Crippen LogP) is 7.06. The number of benzene rings is 4. The van der Waals surface area contributed by atoms with Crippen LogP contribution >= 0.6 is 0 Å². The molecule has 2 amide bonds. The Morgan fingerprint density at radius 2 is 1.66 bits per heavy atom. The molecular weight excluding hydrogens is 558 g/mol. The number of nitrogens with two attached hydrogens (primary N) is 1. The second-order valence-corrected chi connectivity index (χ2v) is 11.3. The van der Waals surface area contributed by atoms with E-state index < -0.39 is 11.7 Å². The second-order valence-electron chi connectivity index (χ2n) is 11.3. The van der Waals surface area contributed by atoms with Crippen molar-refractivity contribution in [2.45, 2.75) is 32.8 Å². The number of anilines is 2. The molecule has 2 heterocycles. The molecule has 6 aromatic rings. The zero-order chi connectivity index (χ0) is 30.8. The number of fused-ring (bicyclic) bond motifs is 3. The monoisotopic (exact) mass is 589 g/mol. The van der Waals surface area contributed by atoms with Crippen molar-refractivity contribution in [3.8, 4) is 11.3 Å². The number of nitrogens with zero attached hydrogens (tertiary/aromatic N) is 2. The maximum absolute atomic E-state index is 12.8. The minimum Gasteiger partial charge on any atom is -0.456 e. The SMILES string of the molecule is CC(C)(C)OC(=O)NCCC(=O)Nc1ccccc1N=c1cc(-c2ccc3nc(N)oc3c2)oc2cc3ccccc3cc12. The summed E-state index contributed by atoms with van der Waals surface area (Å²) in [5.41, 5.74) is 8.83. The highest BCUT2D eigenvalue weighted by Crippen LogP contribution is 2.30. The highest BCUT2D eigenvalue weighted by atomic mass is 16.6. The summed E-state index contributed by atoms with van der Waals surface area (Å²) in [6.07, 6.45) is -0.512. The number of para-hydroxylation sites is 2. The molecule has 0 unspecified atom stereocenters. The van der Waals surface area contributed by atoms with Crippen LogP contribution in [0.3, 0.4) is 0 Å². The molecule has 0 saturated carbocycles. The fraction of sp³-hybridized carbons (Fsp3) is 0.176. The first-order valence-electron chi connectivity index (χ1n) is 14.1. The average Bonchev–Trinajstić information content (AvgIpc) is 3.35. The molecule has 44 heavy (non-hydrogen) atoms. The molecule has 0 saturated heterocycles. The van der Waals surface area contributed by atoms with Gasteiger partial charge in [-0.1, -0.05) is 36.4 Å². The first-order chi connectivity index (χ1) is 21.1. The zero-order valence-corrected chi connectivity index (χ0v) is 24.5. The van der Waals surface area contributed by atoms with Crippen molar-refractivity contribution in [3.63, 3.8) is 0 Å². The summed E-state index contributed by atoms with van der Waals surface area (Å²) < 4.78 is 17.2. The molecule has 0 fully saturated rings. The summed E-state index contributed by atoms with van der Waals surface area (Å²) in [6.45, 7) is 5.46. The maximum atomic E-state index is 12.8. The number of amides is 2. The largest absolute Gasteiger partial charge is 0.456 e. The highest BCUT2D eigenvalue weighted by molar-refractivity contribution is 5.97.